The van der Waals surface area contributed by atoms with Crippen molar-refractivity contribution in [2.75, 3.05) is 11.9 Å². The molecule has 1 aromatic heterocycles. The summed E-state index contributed by atoms with van der Waals surface area (Å²) in [4.78, 5) is 38.4. The van der Waals surface area contributed by atoms with Crippen molar-refractivity contribution in [2.24, 2.45) is 5.10 Å². The van der Waals surface area contributed by atoms with Gasteiger partial charge in [0.15, 0.2) is 11.5 Å². The zero-order valence-electron chi connectivity index (χ0n) is 23.2. The molecule has 0 spiro atoms. The number of nitrogens with zero attached hydrogens (tertiary/aromatic N) is 1. The molecule has 0 saturated carbocycles. The predicted octanol–water partition coefficient (Wildman–Crippen LogP) is 9.15. The minimum atomic E-state index is -0.633. The van der Waals surface area contributed by atoms with Crippen LogP contribution in [0, 0.1) is 0 Å². The molecule has 2 amide bonds. The fourth-order valence-electron chi connectivity index (χ4n) is 4.08. The lowest BCUT2D eigenvalue weighted by Crippen LogP contribution is -2.18. The SMILES string of the molecule is CCOc1cc(/C=N\NC(=O)c2ccc(NC(=O)c3ccc(Cl)cc3Cl)cc2)ccc1OC(=O)c1sc2cc(Cl)ccc2c1Cl. The van der Waals surface area contributed by atoms with Crippen LogP contribution in [0.5, 0.6) is 11.5 Å². The number of hydrogen-bond acceptors (Lipinski definition) is 7. The molecule has 5 aromatic rings. The summed E-state index contributed by atoms with van der Waals surface area (Å²) in [5, 5.41) is 8.91. The molecular weight excluding hydrogens is 680 g/mol. The Labute approximate surface area is 281 Å². The number of hydrazone groups is 1. The topological polar surface area (TPSA) is 106 Å². The molecule has 8 nitrogen and oxygen atoms in total. The smallest absolute Gasteiger partial charge is 0.355 e. The van der Waals surface area contributed by atoms with Crippen molar-refractivity contribution in [1.29, 1.82) is 0 Å². The highest BCUT2D eigenvalue weighted by Gasteiger charge is 2.21. The van der Waals surface area contributed by atoms with Crippen LogP contribution in [0.2, 0.25) is 20.1 Å². The third kappa shape index (κ3) is 7.76. The van der Waals surface area contributed by atoms with E-state index in [-0.39, 0.29) is 26.2 Å². The Kier molecular flexibility index (Phi) is 10.3. The van der Waals surface area contributed by atoms with Crippen molar-refractivity contribution < 1.29 is 23.9 Å². The van der Waals surface area contributed by atoms with Gasteiger partial charge in [-0.1, -0.05) is 52.5 Å². The molecule has 4 aromatic carbocycles. The summed E-state index contributed by atoms with van der Waals surface area (Å²) in [5.41, 5.74) is 4.08. The zero-order chi connectivity index (χ0) is 32.1. The van der Waals surface area contributed by atoms with Gasteiger partial charge < -0.3 is 14.8 Å². The van der Waals surface area contributed by atoms with Crippen molar-refractivity contribution in [3.8, 4) is 11.5 Å². The van der Waals surface area contributed by atoms with Crippen molar-refractivity contribution in [2.45, 2.75) is 6.92 Å². The second-order valence-electron chi connectivity index (χ2n) is 9.27. The van der Waals surface area contributed by atoms with Crippen molar-refractivity contribution in [1.82, 2.24) is 5.43 Å². The minimum absolute atomic E-state index is 0.195. The molecule has 0 fully saturated rings. The highest BCUT2D eigenvalue weighted by Crippen LogP contribution is 2.38. The van der Waals surface area contributed by atoms with Crippen LogP contribution in [0.4, 0.5) is 5.69 Å². The number of amides is 2. The second-order valence-corrected chi connectivity index (χ2v) is 12.0. The van der Waals surface area contributed by atoms with E-state index in [1.54, 1.807) is 61.5 Å². The molecule has 0 unspecified atom stereocenters. The lowest BCUT2D eigenvalue weighted by Gasteiger charge is -2.11. The van der Waals surface area contributed by atoms with Crippen molar-refractivity contribution in [3.05, 3.63) is 121 Å². The average molecular weight is 701 g/mol. The molecule has 0 aliphatic rings. The first kappa shape index (κ1) is 32.3. The number of thiophene rings is 1. The fourth-order valence-corrected chi connectivity index (χ4v) is 6.24. The van der Waals surface area contributed by atoms with Crippen LogP contribution in [-0.4, -0.2) is 30.6 Å². The van der Waals surface area contributed by atoms with E-state index in [9.17, 15) is 14.4 Å². The monoisotopic (exact) mass is 699 g/mol. The van der Waals surface area contributed by atoms with Gasteiger partial charge in [-0.25, -0.2) is 10.2 Å². The number of benzene rings is 4. The Hall–Kier alpha value is -4.12. The van der Waals surface area contributed by atoms with Gasteiger partial charge in [-0.05, 0) is 85.3 Å². The van der Waals surface area contributed by atoms with Gasteiger partial charge in [0.05, 0.1) is 28.4 Å². The van der Waals surface area contributed by atoms with Gasteiger partial charge in [0.2, 0.25) is 0 Å². The quantitative estimate of drug-likeness (QED) is 0.0690. The van der Waals surface area contributed by atoms with Crippen molar-refractivity contribution in [3.63, 3.8) is 0 Å². The number of anilines is 1. The van der Waals surface area contributed by atoms with Gasteiger partial charge in [0.25, 0.3) is 11.8 Å². The Balaban J connectivity index is 1.21. The number of esters is 1. The van der Waals surface area contributed by atoms with Gasteiger partial charge >= 0.3 is 5.97 Å². The van der Waals surface area contributed by atoms with Crippen LogP contribution in [0.1, 0.15) is 42.9 Å². The highest BCUT2D eigenvalue weighted by atomic mass is 35.5. The molecule has 13 heteroatoms. The van der Waals surface area contributed by atoms with Gasteiger partial charge in [-0.15, -0.1) is 11.3 Å². The third-order valence-corrected chi connectivity index (χ3v) is 8.63. The minimum Gasteiger partial charge on any atom is -0.490 e. The summed E-state index contributed by atoms with van der Waals surface area (Å²) in [6, 6.07) is 20.8. The fraction of sp³-hybridized carbons (Fsp3) is 0.0625. The summed E-state index contributed by atoms with van der Waals surface area (Å²) < 4.78 is 12.1. The van der Waals surface area contributed by atoms with Crippen LogP contribution in [0.25, 0.3) is 10.1 Å². The zero-order valence-corrected chi connectivity index (χ0v) is 27.0. The number of fused-ring (bicyclic) bond motifs is 1. The first-order valence-electron chi connectivity index (χ1n) is 13.2. The van der Waals surface area contributed by atoms with Gasteiger partial charge in [0, 0.05) is 31.4 Å². The predicted molar refractivity (Wildman–Crippen MR) is 180 cm³/mol. The number of nitrogens with one attached hydrogen (secondary N) is 2. The Morgan fingerprint density at radius 2 is 1.58 bits per heavy atom. The number of rotatable bonds is 9. The molecule has 45 heavy (non-hydrogen) atoms. The number of hydrogen-bond donors (Lipinski definition) is 2. The molecule has 0 aliphatic heterocycles. The van der Waals surface area contributed by atoms with E-state index in [2.05, 4.69) is 15.8 Å². The molecule has 1 heterocycles. The first-order chi connectivity index (χ1) is 21.6. The molecule has 0 saturated heterocycles. The van der Waals surface area contributed by atoms with E-state index in [1.807, 2.05) is 0 Å². The van der Waals surface area contributed by atoms with E-state index in [4.69, 9.17) is 55.9 Å². The van der Waals surface area contributed by atoms with E-state index < -0.39 is 17.8 Å². The van der Waals surface area contributed by atoms with E-state index in [1.165, 1.54) is 41.8 Å². The Morgan fingerprint density at radius 3 is 2.31 bits per heavy atom. The Morgan fingerprint density at radius 1 is 0.844 bits per heavy atom. The number of ether oxygens (including phenoxy) is 2. The number of halogens is 4. The summed E-state index contributed by atoms with van der Waals surface area (Å²) in [6.07, 6.45) is 1.42. The summed E-state index contributed by atoms with van der Waals surface area (Å²) >= 11 is 25.7. The second kappa shape index (κ2) is 14.3. The number of carbonyl (C=O) groups is 3. The molecule has 0 aliphatic carbocycles. The highest BCUT2D eigenvalue weighted by molar-refractivity contribution is 7.21. The summed E-state index contributed by atoms with van der Waals surface area (Å²) in [7, 11) is 0. The lowest BCUT2D eigenvalue weighted by atomic mass is 10.1. The van der Waals surface area contributed by atoms with Crippen LogP contribution < -0.4 is 20.2 Å². The van der Waals surface area contributed by atoms with Gasteiger partial charge in [-0.2, -0.15) is 5.10 Å². The van der Waals surface area contributed by atoms with E-state index in [0.29, 0.717) is 44.6 Å². The van der Waals surface area contributed by atoms with Crippen molar-refractivity contribution >= 4 is 97.5 Å². The number of carbonyl (C=O) groups excluding carboxylic acids is 3. The van der Waals surface area contributed by atoms with E-state index >= 15 is 0 Å². The molecule has 0 radical (unpaired) electrons. The van der Waals surface area contributed by atoms with Crippen LogP contribution >= 0.6 is 57.7 Å². The van der Waals surface area contributed by atoms with Crippen LogP contribution in [-0.2, 0) is 0 Å². The first-order valence-corrected chi connectivity index (χ1v) is 15.5. The Bertz CT molecular complexity index is 1960. The molecule has 0 bridgehead atoms. The maximum Gasteiger partial charge on any atom is 0.355 e. The third-order valence-electron chi connectivity index (χ3n) is 6.21. The summed E-state index contributed by atoms with van der Waals surface area (Å²) in [6.45, 7) is 2.11. The molecule has 5 rings (SSSR count). The maximum atomic E-state index is 13.0. The van der Waals surface area contributed by atoms with Crippen LogP contribution in [0.3, 0.4) is 0 Å². The normalized spacial score (nSPS) is 11.0. The van der Waals surface area contributed by atoms with Crippen LogP contribution in [0.15, 0.2) is 84.0 Å². The molecule has 2 N–H and O–H groups in total. The molecule has 228 valence electrons. The lowest BCUT2D eigenvalue weighted by molar-refractivity contribution is 0.0733. The largest absolute Gasteiger partial charge is 0.490 e. The van der Waals surface area contributed by atoms with E-state index in [0.717, 1.165) is 4.70 Å². The maximum absolute atomic E-state index is 13.0. The van der Waals surface area contributed by atoms with Gasteiger partial charge in [-0.3, -0.25) is 9.59 Å². The van der Waals surface area contributed by atoms with Gasteiger partial charge in [0.1, 0.15) is 4.88 Å². The standard InChI is InChI=1S/C32H21Cl4N3O5S/c1-2-43-26-13-17(3-12-25(26)44-32(42)29-28(36)23-11-7-20(34)15-27(23)45-29)16-37-39-30(40)18-4-8-21(9-5-18)38-31(41)22-10-6-19(33)14-24(22)35/h3-16H,2H2,1H3,(H,38,41)(H,39,40)/b37-16-. The molecule has 0 atom stereocenters. The average Bonchev–Trinajstić information content (AvgIpc) is 3.34. The summed E-state index contributed by atoms with van der Waals surface area (Å²) in [5.74, 6) is -1.02. The molecular formula is C32H21Cl4N3O5S.